The molecule has 0 saturated carbocycles. The second-order valence-corrected chi connectivity index (χ2v) is 1.49. The van der Waals surface area contributed by atoms with Gasteiger partial charge in [0.05, 0.1) is 0 Å². The van der Waals surface area contributed by atoms with Crippen molar-refractivity contribution >= 4 is 0 Å². The fraction of sp³-hybridized carbons (Fsp3) is 0. The van der Waals surface area contributed by atoms with E-state index in [-0.39, 0.29) is 29.8 Å². The Morgan fingerprint density at radius 3 is 1.90 bits per heavy atom. The molecule has 0 unspecified atom stereocenters. The molecular weight excluding hydrogens is 305 g/mol. The van der Waals surface area contributed by atoms with Crippen molar-refractivity contribution in [3.05, 3.63) is 49.7 Å². The fourth-order valence-electron chi connectivity index (χ4n) is 0.521. The topological polar surface area (TPSA) is 0 Å². The molecule has 0 amide bonds. The summed E-state index contributed by atoms with van der Waals surface area (Å²) in [5.41, 5.74) is 0.826. The third-order valence-electron chi connectivity index (χ3n) is 0.918. The summed E-state index contributed by atoms with van der Waals surface area (Å²) >= 11 is 0. The second-order valence-electron chi connectivity index (χ2n) is 1.49. The van der Waals surface area contributed by atoms with Crippen LogP contribution in [0.1, 0.15) is 5.56 Å². The van der Waals surface area contributed by atoms with Crippen LogP contribution < -0.4 is 0 Å². The van der Waals surface area contributed by atoms with Crippen molar-refractivity contribution in [3.8, 4) is 5.92 Å². The molecule has 0 aromatic heterocycles. The van der Waals surface area contributed by atoms with Gasteiger partial charge in [-0.1, -0.05) is 18.2 Å². The van der Waals surface area contributed by atoms with Gasteiger partial charge in [0, 0.05) is 22.4 Å². The minimum absolute atomic E-state index is 0. The zero-order valence-corrected chi connectivity index (χ0v) is 7.85. The summed E-state index contributed by atoms with van der Waals surface area (Å²) in [6.07, 6.45) is 6.69. The first-order valence-corrected chi connectivity index (χ1v) is 2.41. The van der Waals surface area contributed by atoms with E-state index in [9.17, 15) is 0 Å². The molecule has 0 atom stereocenters. The first kappa shape index (κ1) is 12.2. The number of hydrogen-bond acceptors (Lipinski definition) is 0. The van der Waals surface area contributed by atoms with Gasteiger partial charge in [-0.25, -0.2) is 0 Å². The molecule has 1 radical (unpaired) electrons. The molecule has 0 nitrogen and oxygen atoms in total. The predicted molar refractivity (Wildman–Crippen MR) is 39.1 cm³/mol. The first-order chi connectivity index (χ1) is 3.93. The normalized spacial score (nSPS) is 6.30. The maximum atomic E-state index is 6.69. The molecule has 0 spiro atoms. The molecule has 1 rings (SSSR count). The van der Waals surface area contributed by atoms with E-state index in [0.29, 0.717) is 0 Å². The molecule has 0 bridgehead atoms. The third kappa shape index (κ3) is 3.53. The average Bonchev–Trinajstić information content (AvgIpc) is 1.90. The van der Waals surface area contributed by atoms with E-state index in [0.717, 1.165) is 5.56 Å². The Bertz CT molecular complexity index is 196. The largest absolute Gasteiger partial charge is 0.366 e. The van der Waals surface area contributed by atoms with Crippen LogP contribution in [0.5, 0.6) is 0 Å². The van der Waals surface area contributed by atoms with Gasteiger partial charge in [0.25, 0.3) is 0 Å². The Hall–Kier alpha value is -0.480. The zero-order valence-electron chi connectivity index (χ0n) is 5.69. The number of rotatable bonds is 0. The van der Waals surface area contributed by atoms with Gasteiger partial charge in [-0.05, 0) is 0 Å². The predicted octanol–water partition coefficient (Wildman–Crippen LogP) is 2.07. The van der Waals surface area contributed by atoms with E-state index in [4.69, 9.17) is 6.42 Å². The third-order valence-corrected chi connectivity index (χ3v) is 0.918. The Morgan fingerprint density at radius 2 is 1.60 bits per heavy atom. The van der Waals surface area contributed by atoms with E-state index in [1.807, 2.05) is 30.3 Å². The Labute approximate surface area is 78.2 Å². The van der Waals surface area contributed by atoms with Crippen LogP contribution in [0.3, 0.4) is 0 Å². The molecular formula is C9H8Au-2. The van der Waals surface area contributed by atoms with Gasteiger partial charge in [-0.2, -0.15) is 0 Å². The van der Waals surface area contributed by atoms with Crippen LogP contribution in [0.2, 0.25) is 0 Å². The van der Waals surface area contributed by atoms with Crippen LogP contribution in [0.25, 0.3) is 0 Å². The van der Waals surface area contributed by atoms with E-state index in [1.54, 1.807) is 0 Å². The Kier molecular flexibility index (Phi) is 8.11. The van der Waals surface area contributed by atoms with Crippen molar-refractivity contribution in [2.75, 3.05) is 0 Å². The first-order valence-electron chi connectivity index (χ1n) is 2.41. The summed E-state index contributed by atoms with van der Waals surface area (Å²) in [5, 5.41) is 0. The van der Waals surface area contributed by atoms with Gasteiger partial charge in [-0.15, -0.1) is 17.7 Å². The van der Waals surface area contributed by atoms with Crippen LogP contribution >= 0.6 is 0 Å². The molecule has 57 valence electrons. The smallest absolute Gasteiger partial charge is 0 e. The molecule has 0 aliphatic heterocycles. The van der Waals surface area contributed by atoms with Crippen molar-refractivity contribution in [1.82, 2.24) is 0 Å². The Morgan fingerprint density at radius 1 is 1.10 bits per heavy atom. The zero-order chi connectivity index (χ0) is 5.82. The van der Waals surface area contributed by atoms with E-state index in [2.05, 4.69) is 5.92 Å². The van der Waals surface area contributed by atoms with E-state index in [1.165, 1.54) is 0 Å². The summed E-state index contributed by atoms with van der Waals surface area (Å²) in [6.45, 7) is 0. The average molecular weight is 313 g/mol. The molecule has 0 N–H and O–H groups in total. The van der Waals surface area contributed by atoms with Crippen LogP contribution in [0.15, 0.2) is 30.3 Å². The SMILES string of the molecule is [Au].[C-]#Cc1ccccc1.[CH3-]. The molecule has 0 aliphatic rings. The second kappa shape index (κ2) is 6.64. The maximum Gasteiger partial charge on any atom is 0 e. The fourth-order valence-corrected chi connectivity index (χ4v) is 0.521. The quantitative estimate of drug-likeness (QED) is 0.391. The number of benzene rings is 1. The minimum Gasteiger partial charge on any atom is -0.366 e. The van der Waals surface area contributed by atoms with Gasteiger partial charge in [0.2, 0.25) is 0 Å². The number of hydrogen-bond donors (Lipinski definition) is 0. The Balaban J connectivity index is 0. The van der Waals surface area contributed by atoms with Gasteiger partial charge < -0.3 is 13.9 Å². The summed E-state index contributed by atoms with van der Waals surface area (Å²) in [4.78, 5) is 0. The van der Waals surface area contributed by atoms with Crippen molar-refractivity contribution in [2.45, 2.75) is 0 Å². The van der Waals surface area contributed by atoms with Crippen molar-refractivity contribution in [3.63, 3.8) is 0 Å². The van der Waals surface area contributed by atoms with Crippen LogP contribution in [0.4, 0.5) is 0 Å². The van der Waals surface area contributed by atoms with Gasteiger partial charge in [0.15, 0.2) is 0 Å². The van der Waals surface area contributed by atoms with Crippen LogP contribution in [0, 0.1) is 19.8 Å². The van der Waals surface area contributed by atoms with Gasteiger partial charge in [0.1, 0.15) is 0 Å². The van der Waals surface area contributed by atoms with Crippen LogP contribution in [-0.2, 0) is 22.4 Å². The molecule has 1 heteroatoms. The van der Waals surface area contributed by atoms with Crippen LogP contribution in [-0.4, -0.2) is 0 Å². The summed E-state index contributed by atoms with van der Waals surface area (Å²) in [5.74, 6) is 2.28. The molecule has 0 aliphatic carbocycles. The minimum atomic E-state index is 0. The molecule has 1 aromatic rings. The molecule has 10 heavy (non-hydrogen) atoms. The summed E-state index contributed by atoms with van der Waals surface area (Å²) in [6, 6.07) is 9.37. The van der Waals surface area contributed by atoms with E-state index < -0.39 is 0 Å². The molecule has 0 heterocycles. The monoisotopic (exact) mass is 313 g/mol. The van der Waals surface area contributed by atoms with E-state index >= 15 is 0 Å². The molecule has 0 fully saturated rings. The molecule has 1 aromatic carbocycles. The summed E-state index contributed by atoms with van der Waals surface area (Å²) in [7, 11) is 0. The van der Waals surface area contributed by atoms with Crippen molar-refractivity contribution < 1.29 is 22.4 Å². The van der Waals surface area contributed by atoms with Crippen molar-refractivity contribution in [1.29, 1.82) is 0 Å². The standard InChI is InChI=1S/C8H5.CH3.Au/c1-2-8-6-4-3-5-7-8;;/h3-7H;1H3;/q2*-1;. The summed E-state index contributed by atoms with van der Waals surface area (Å²) < 4.78 is 0. The maximum absolute atomic E-state index is 6.69. The molecule has 0 saturated heterocycles. The van der Waals surface area contributed by atoms with Crippen molar-refractivity contribution in [2.24, 2.45) is 0 Å². The van der Waals surface area contributed by atoms with Gasteiger partial charge in [-0.3, -0.25) is 5.92 Å². The van der Waals surface area contributed by atoms with Gasteiger partial charge >= 0.3 is 0 Å².